The number of pyridine rings is 1. The normalized spacial score (nSPS) is 11.0. The summed E-state index contributed by atoms with van der Waals surface area (Å²) in [6, 6.07) is 13.5. The summed E-state index contributed by atoms with van der Waals surface area (Å²) in [4.78, 5) is 17.8. The first-order chi connectivity index (χ1) is 14.0. The summed E-state index contributed by atoms with van der Waals surface area (Å²) in [7, 11) is 3.15. The number of amides is 1. The average molecular weight is 474 g/mol. The highest BCUT2D eigenvalue weighted by Gasteiger charge is 2.10. The Kier molecular flexibility index (Phi) is 7.11. The Labute approximate surface area is 181 Å². The Balaban J connectivity index is 1.64. The molecule has 8 heteroatoms. The van der Waals surface area contributed by atoms with E-state index in [1.165, 1.54) is 11.8 Å². The summed E-state index contributed by atoms with van der Waals surface area (Å²) < 4.78 is 11.3. The molecule has 2 aromatic carbocycles. The van der Waals surface area contributed by atoms with Crippen molar-refractivity contribution in [3.05, 3.63) is 58.2 Å². The first-order valence-electron chi connectivity index (χ1n) is 8.74. The van der Waals surface area contributed by atoms with Crippen LogP contribution < -0.4 is 14.9 Å². The average Bonchev–Trinajstić information content (AvgIpc) is 2.72. The molecule has 3 aromatic rings. The topological polar surface area (TPSA) is 72.8 Å². The molecule has 6 nitrogen and oxygen atoms in total. The standard InChI is InChI=1S/C21H20BrN3O3S/c1-13-8-19(15-6-4-5-7-16(15)24-13)29-12-20(26)25-23-11-14-9-17(27-2)21(22)18(10-14)28-3/h4-11H,12H2,1-3H3,(H,25,26)/b23-11+. The maximum absolute atomic E-state index is 12.2. The number of carbonyl (C=O) groups excluding carboxylic acids is 1. The van der Waals surface area contributed by atoms with E-state index in [1.54, 1.807) is 32.6 Å². The molecule has 0 atom stereocenters. The number of rotatable bonds is 7. The van der Waals surface area contributed by atoms with Gasteiger partial charge in [0.05, 0.1) is 31.7 Å². The Hall–Kier alpha value is -2.58. The van der Waals surface area contributed by atoms with Crippen LogP contribution in [0, 0.1) is 6.92 Å². The molecule has 0 fully saturated rings. The van der Waals surface area contributed by atoms with Crippen molar-refractivity contribution >= 4 is 50.7 Å². The van der Waals surface area contributed by atoms with Crippen LogP contribution in [-0.4, -0.2) is 37.1 Å². The number of thioether (sulfide) groups is 1. The molecule has 29 heavy (non-hydrogen) atoms. The Morgan fingerprint density at radius 1 is 1.21 bits per heavy atom. The van der Waals surface area contributed by atoms with Gasteiger partial charge < -0.3 is 9.47 Å². The first kappa shape index (κ1) is 21.1. The second kappa shape index (κ2) is 9.76. The van der Waals surface area contributed by atoms with Gasteiger partial charge in [-0.15, -0.1) is 11.8 Å². The van der Waals surface area contributed by atoms with Crippen molar-refractivity contribution in [1.82, 2.24) is 10.4 Å². The first-order valence-corrected chi connectivity index (χ1v) is 10.5. The van der Waals surface area contributed by atoms with Crippen molar-refractivity contribution in [2.75, 3.05) is 20.0 Å². The quantitative estimate of drug-likeness (QED) is 0.309. The SMILES string of the molecule is COc1cc(/C=N/NC(=O)CSc2cc(C)nc3ccccc23)cc(OC)c1Br. The lowest BCUT2D eigenvalue weighted by atomic mass is 10.2. The highest BCUT2D eigenvalue weighted by molar-refractivity contribution is 9.10. The molecule has 0 saturated heterocycles. The van der Waals surface area contributed by atoms with Gasteiger partial charge in [-0.05, 0) is 47.1 Å². The van der Waals surface area contributed by atoms with Crippen LogP contribution in [0.15, 0.2) is 56.9 Å². The zero-order valence-corrected chi connectivity index (χ0v) is 18.6. The number of ether oxygens (including phenoxy) is 2. The van der Waals surface area contributed by atoms with Crippen LogP contribution >= 0.6 is 27.7 Å². The zero-order chi connectivity index (χ0) is 20.8. The Morgan fingerprint density at radius 2 is 1.90 bits per heavy atom. The lowest BCUT2D eigenvalue weighted by Crippen LogP contribution is -2.19. The number of hydrogen-bond donors (Lipinski definition) is 1. The Morgan fingerprint density at radius 3 is 2.59 bits per heavy atom. The van der Waals surface area contributed by atoms with Crippen molar-refractivity contribution in [3.63, 3.8) is 0 Å². The third-order valence-electron chi connectivity index (χ3n) is 4.04. The number of carbonyl (C=O) groups is 1. The molecule has 1 heterocycles. The largest absolute Gasteiger partial charge is 0.495 e. The summed E-state index contributed by atoms with van der Waals surface area (Å²) in [5, 5.41) is 5.07. The van der Waals surface area contributed by atoms with Crippen molar-refractivity contribution < 1.29 is 14.3 Å². The minimum atomic E-state index is -0.194. The Bertz CT molecular complexity index is 1050. The number of methoxy groups -OCH3 is 2. The monoisotopic (exact) mass is 473 g/mol. The van der Waals surface area contributed by atoms with Gasteiger partial charge in [-0.1, -0.05) is 18.2 Å². The van der Waals surface area contributed by atoms with Gasteiger partial charge >= 0.3 is 0 Å². The number of aromatic nitrogens is 1. The minimum absolute atomic E-state index is 0.194. The van der Waals surface area contributed by atoms with E-state index in [4.69, 9.17) is 9.47 Å². The number of fused-ring (bicyclic) bond motifs is 1. The van der Waals surface area contributed by atoms with E-state index in [0.717, 1.165) is 31.5 Å². The van der Waals surface area contributed by atoms with Crippen LogP contribution in [0.5, 0.6) is 11.5 Å². The third-order valence-corrected chi connectivity index (χ3v) is 5.87. The fourth-order valence-electron chi connectivity index (χ4n) is 2.71. The van der Waals surface area contributed by atoms with Crippen molar-refractivity contribution in [2.24, 2.45) is 5.10 Å². The summed E-state index contributed by atoms with van der Waals surface area (Å²) >= 11 is 4.88. The fraction of sp³-hybridized carbons (Fsp3) is 0.190. The molecule has 0 aliphatic heterocycles. The summed E-state index contributed by atoms with van der Waals surface area (Å²) in [5.41, 5.74) is 5.14. The minimum Gasteiger partial charge on any atom is -0.495 e. The number of para-hydroxylation sites is 1. The molecule has 150 valence electrons. The van der Waals surface area contributed by atoms with Gasteiger partial charge in [0.1, 0.15) is 16.0 Å². The van der Waals surface area contributed by atoms with E-state index in [-0.39, 0.29) is 11.7 Å². The maximum atomic E-state index is 12.2. The smallest absolute Gasteiger partial charge is 0.250 e. The van der Waals surface area contributed by atoms with Crippen LogP contribution in [0.4, 0.5) is 0 Å². The zero-order valence-electron chi connectivity index (χ0n) is 16.2. The van der Waals surface area contributed by atoms with E-state index in [1.807, 2.05) is 37.3 Å². The molecule has 0 saturated carbocycles. The third kappa shape index (κ3) is 5.27. The van der Waals surface area contributed by atoms with Gasteiger partial charge in [0, 0.05) is 21.5 Å². The van der Waals surface area contributed by atoms with Gasteiger partial charge in [0.25, 0.3) is 0 Å². The number of nitrogens with one attached hydrogen (secondary N) is 1. The van der Waals surface area contributed by atoms with E-state index in [9.17, 15) is 4.79 Å². The van der Waals surface area contributed by atoms with Crippen LogP contribution in [0.2, 0.25) is 0 Å². The molecule has 1 aromatic heterocycles. The van der Waals surface area contributed by atoms with E-state index < -0.39 is 0 Å². The number of aryl methyl sites for hydroxylation is 1. The van der Waals surface area contributed by atoms with Crippen molar-refractivity contribution in [3.8, 4) is 11.5 Å². The summed E-state index contributed by atoms with van der Waals surface area (Å²) in [6.07, 6.45) is 1.55. The second-order valence-corrected chi connectivity index (χ2v) is 7.91. The number of halogens is 1. The molecule has 3 rings (SSSR count). The van der Waals surface area contributed by atoms with Gasteiger partial charge in [-0.3, -0.25) is 9.78 Å². The molecular weight excluding hydrogens is 454 g/mol. The van der Waals surface area contributed by atoms with Crippen LogP contribution in [-0.2, 0) is 4.79 Å². The van der Waals surface area contributed by atoms with Crippen molar-refractivity contribution in [1.29, 1.82) is 0 Å². The molecule has 1 N–H and O–H groups in total. The van der Waals surface area contributed by atoms with Gasteiger partial charge in [0.2, 0.25) is 5.91 Å². The predicted molar refractivity (Wildman–Crippen MR) is 120 cm³/mol. The highest BCUT2D eigenvalue weighted by atomic mass is 79.9. The number of hydrogen-bond acceptors (Lipinski definition) is 6. The number of benzene rings is 2. The predicted octanol–water partition coefficient (Wildman–Crippen LogP) is 4.57. The summed E-state index contributed by atoms with van der Waals surface area (Å²) in [6.45, 7) is 1.95. The molecule has 0 unspecified atom stereocenters. The molecule has 0 spiro atoms. The second-order valence-electron chi connectivity index (χ2n) is 6.10. The van der Waals surface area contributed by atoms with Gasteiger partial charge in [0.15, 0.2) is 0 Å². The van der Waals surface area contributed by atoms with Crippen LogP contribution in [0.3, 0.4) is 0 Å². The van der Waals surface area contributed by atoms with Crippen LogP contribution in [0.25, 0.3) is 10.9 Å². The fourth-order valence-corrected chi connectivity index (χ4v) is 4.19. The van der Waals surface area contributed by atoms with Gasteiger partial charge in [-0.25, -0.2) is 5.43 Å². The molecule has 0 radical (unpaired) electrons. The number of nitrogens with zero attached hydrogens (tertiary/aromatic N) is 2. The summed E-state index contributed by atoms with van der Waals surface area (Å²) in [5.74, 6) is 1.29. The molecule has 0 bridgehead atoms. The van der Waals surface area contributed by atoms with E-state index in [2.05, 4.69) is 31.4 Å². The highest BCUT2D eigenvalue weighted by Crippen LogP contribution is 2.35. The molecular formula is C21H20BrN3O3S. The molecule has 0 aliphatic rings. The van der Waals surface area contributed by atoms with Crippen molar-refractivity contribution in [2.45, 2.75) is 11.8 Å². The maximum Gasteiger partial charge on any atom is 0.250 e. The van der Waals surface area contributed by atoms with E-state index >= 15 is 0 Å². The lowest BCUT2D eigenvalue weighted by Gasteiger charge is -2.09. The molecule has 0 aliphatic carbocycles. The molecule has 1 amide bonds. The lowest BCUT2D eigenvalue weighted by molar-refractivity contribution is -0.118. The van der Waals surface area contributed by atoms with E-state index in [0.29, 0.717) is 11.5 Å². The van der Waals surface area contributed by atoms with Gasteiger partial charge in [-0.2, -0.15) is 5.10 Å². The number of hydrazone groups is 1. The van der Waals surface area contributed by atoms with Crippen LogP contribution in [0.1, 0.15) is 11.3 Å².